The van der Waals surface area contributed by atoms with E-state index in [-0.39, 0.29) is 0 Å². The first-order chi connectivity index (χ1) is 13.4. The zero-order chi connectivity index (χ0) is 18.3. The van der Waals surface area contributed by atoms with Crippen LogP contribution in [0.5, 0.6) is 0 Å². The zero-order valence-electron chi connectivity index (χ0n) is 16.4. The Morgan fingerprint density at radius 1 is 0.667 bits per heavy atom. The molecule has 4 rings (SSSR count). The van der Waals surface area contributed by atoms with Gasteiger partial charge in [0.15, 0.2) is 0 Å². The molecule has 0 bridgehead atoms. The molecule has 2 aromatic rings. The molecule has 2 saturated heterocycles. The van der Waals surface area contributed by atoms with Crippen LogP contribution in [-0.4, -0.2) is 48.1 Å². The fraction of sp³-hybridized carbons (Fsp3) is 0.500. The molecule has 3 nitrogen and oxygen atoms in total. The summed E-state index contributed by atoms with van der Waals surface area (Å²) in [6, 6.07) is 23.2. The number of rotatable bonds is 8. The third-order valence-corrected chi connectivity index (χ3v) is 6.22. The van der Waals surface area contributed by atoms with Gasteiger partial charge in [0.25, 0.3) is 0 Å². The summed E-state index contributed by atoms with van der Waals surface area (Å²) in [4.78, 5) is 5.33. The molecule has 2 aliphatic rings. The molecule has 2 fully saturated rings. The smallest absolute Gasteiger partial charge is 0.0237 e. The molecular weight excluding hydrogens is 330 g/mol. The summed E-state index contributed by atoms with van der Waals surface area (Å²) in [6.07, 6.45) is 5.34. The Balaban J connectivity index is 1.23. The lowest BCUT2D eigenvalue weighted by molar-refractivity contribution is 0.216. The minimum atomic E-state index is 0.689. The maximum absolute atomic E-state index is 3.82. The van der Waals surface area contributed by atoms with E-state index in [0.29, 0.717) is 12.1 Å². The normalized spacial score (nSPS) is 23.9. The molecule has 0 aliphatic carbocycles. The van der Waals surface area contributed by atoms with Gasteiger partial charge >= 0.3 is 0 Å². The summed E-state index contributed by atoms with van der Waals surface area (Å²) in [5, 5.41) is 3.82. The number of likely N-dealkylation sites (tertiary alicyclic amines) is 2. The average Bonchev–Trinajstić information content (AvgIpc) is 3.33. The van der Waals surface area contributed by atoms with Gasteiger partial charge < -0.3 is 5.32 Å². The number of benzene rings is 2. The molecular formula is C24H33N3. The second-order valence-electron chi connectivity index (χ2n) is 8.16. The minimum absolute atomic E-state index is 0.689. The topological polar surface area (TPSA) is 18.5 Å². The van der Waals surface area contributed by atoms with Gasteiger partial charge in [-0.05, 0) is 49.9 Å². The van der Waals surface area contributed by atoms with Gasteiger partial charge in [-0.1, -0.05) is 60.7 Å². The minimum Gasteiger partial charge on any atom is -0.314 e. The summed E-state index contributed by atoms with van der Waals surface area (Å²) in [6.45, 7) is 6.92. The van der Waals surface area contributed by atoms with Crippen molar-refractivity contribution in [3.63, 3.8) is 0 Å². The van der Waals surface area contributed by atoms with Crippen molar-refractivity contribution in [2.75, 3.05) is 26.2 Å². The van der Waals surface area contributed by atoms with Gasteiger partial charge in [0, 0.05) is 38.3 Å². The third-order valence-electron chi connectivity index (χ3n) is 6.22. The first kappa shape index (κ1) is 18.7. The Bertz CT molecular complexity index is 613. The largest absolute Gasteiger partial charge is 0.314 e. The van der Waals surface area contributed by atoms with Crippen molar-refractivity contribution in [2.45, 2.75) is 50.9 Å². The molecule has 2 heterocycles. The Kier molecular flexibility index (Phi) is 6.57. The Hall–Kier alpha value is -1.68. The van der Waals surface area contributed by atoms with E-state index in [1.165, 1.54) is 49.9 Å². The fourth-order valence-corrected chi connectivity index (χ4v) is 4.72. The van der Waals surface area contributed by atoms with E-state index in [9.17, 15) is 0 Å². The molecule has 1 N–H and O–H groups in total. The molecule has 2 aromatic carbocycles. The van der Waals surface area contributed by atoms with E-state index >= 15 is 0 Å². The van der Waals surface area contributed by atoms with Crippen molar-refractivity contribution in [1.29, 1.82) is 0 Å². The lowest BCUT2D eigenvalue weighted by Gasteiger charge is -2.28. The summed E-state index contributed by atoms with van der Waals surface area (Å²) in [5.41, 5.74) is 2.88. The third kappa shape index (κ3) is 5.19. The van der Waals surface area contributed by atoms with Crippen LogP contribution in [0.1, 0.15) is 36.8 Å². The standard InChI is InChI=1S/C24H33N3/c1-3-9-21(10-4-1)19-26-15-7-13-23(26)17-25-18-24-14-8-16-27(24)20-22-11-5-2-6-12-22/h1-6,9-12,23-25H,7-8,13-20H2/t23-,24-/m0/s1. The van der Waals surface area contributed by atoms with Gasteiger partial charge in [0.1, 0.15) is 0 Å². The maximum Gasteiger partial charge on any atom is 0.0237 e. The molecule has 0 spiro atoms. The van der Waals surface area contributed by atoms with Gasteiger partial charge in [-0.2, -0.15) is 0 Å². The van der Waals surface area contributed by atoms with E-state index in [0.717, 1.165) is 26.2 Å². The lowest BCUT2D eigenvalue weighted by Crippen LogP contribution is -2.43. The number of hydrogen-bond acceptors (Lipinski definition) is 3. The highest BCUT2D eigenvalue weighted by Crippen LogP contribution is 2.21. The second kappa shape index (κ2) is 9.50. The van der Waals surface area contributed by atoms with Crippen molar-refractivity contribution in [2.24, 2.45) is 0 Å². The predicted molar refractivity (Wildman–Crippen MR) is 113 cm³/mol. The second-order valence-corrected chi connectivity index (χ2v) is 8.16. The van der Waals surface area contributed by atoms with Gasteiger partial charge in [-0.3, -0.25) is 9.80 Å². The first-order valence-corrected chi connectivity index (χ1v) is 10.6. The molecule has 27 heavy (non-hydrogen) atoms. The highest BCUT2D eigenvalue weighted by atomic mass is 15.2. The van der Waals surface area contributed by atoms with Crippen molar-refractivity contribution >= 4 is 0 Å². The van der Waals surface area contributed by atoms with Crippen LogP contribution in [-0.2, 0) is 13.1 Å². The van der Waals surface area contributed by atoms with E-state index in [1.807, 2.05) is 0 Å². The van der Waals surface area contributed by atoms with E-state index in [4.69, 9.17) is 0 Å². The van der Waals surface area contributed by atoms with Gasteiger partial charge in [0.05, 0.1) is 0 Å². The van der Waals surface area contributed by atoms with Crippen LogP contribution in [0, 0.1) is 0 Å². The van der Waals surface area contributed by atoms with Crippen LogP contribution in [0.3, 0.4) is 0 Å². The van der Waals surface area contributed by atoms with Gasteiger partial charge in [-0.15, -0.1) is 0 Å². The van der Waals surface area contributed by atoms with Crippen LogP contribution >= 0.6 is 0 Å². The van der Waals surface area contributed by atoms with Gasteiger partial charge in [-0.25, -0.2) is 0 Å². The molecule has 0 aromatic heterocycles. The van der Waals surface area contributed by atoms with Gasteiger partial charge in [0.2, 0.25) is 0 Å². The molecule has 0 saturated carbocycles. The molecule has 2 atom stereocenters. The van der Waals surface area contributed by atoms with Crippen LogP contribution in [0.25, 0.3) is 0 Å². The van der Waals surface area contributed by atoms with Crippen LogP contribution in [0.15, 0.2) is 60.7 Å². The quantitative estimate of drug-likeness (QED) is 0.767. The summed E-state index contributed by atoms with van der Waals surface area (Å²) in [5.74, 6) is 0. The highest BCUT2D eigenvalue weighted by Gasteiger charge is 2.27. The average molecular weight is 364 g/mol. The van der Waals surface area contributed by atoms with Crippen LogP contribution < -0.4 is 5.32 Å². The molecule has 0 unspecified atom stereocenters. The van der Waals surface area contributed by atoms with E-state index in [2.05, 4.69) is 75.8 Å². The highest BCUT2D eigenvalue weighted by molar-refractivity contribution is 5.15. The van der Waals surface area contributed by atoms with Crippen molar-refractivity contribution in [3.8, 4) is 0 Å². The Labute approximate surface area is 164 Å². The predicted octanol–water partition coefficient (Wildman–Crippen LogP) is 3.91. The van der Waals surface area contributed by atoms with E-state index < -0.39 is 0 Å². The summed E-state index contributed by atoms with van der Waals surface area (Å²) >= 11 is 0. The lowest BCUT2D eigenvalue weighted by atomic mass is 10.1. The van der Waals surface area contributed by atoms with Crippen molar-refractivity contribution < 1.29 is 0 Å². The molecule has 2 aliphatic heterocycles. The SMILES string of the molecule is c1ccc(CN2CCC[C@H]2CNC[C@@H]2CCCN2Cc2ccccc2)cc1. The van der Waals surface area contributed by atoms with Crippen LogP contribution in [0.2, 0.25) is 0 Å². The number of hydrogen-bond donors (Lipinski definition) is 1. The van der Waals surface area contributed by atoms with E-state index in [1.54, 1.807) is 0 Å². The molecule has 3 heteroatoms. The fourth-order valence-electron chi connectivity index (χ4n) is 4.72. The number of nitrogens with zero attached hydrogens (tertiary/aromatic N) is 2. The summed E-state index contributed by atoms with van der Waals surface area (Å²) in [7, 11) is 0. The van der Waals surface area contributed by atoms with Crippen molar-refractivity contribution in [1.82, 2.24) is 15.1 Å². The monoisotopic (exact) mass is 363 g/mol. The number of nitrogens with one attached hydrogen (secondary N) is 1. The summed E-state index contributed by atoms with van der Waals surface area (Å²) < 4.78 is 0. The molecule has 0 amide bonds. The zero-order valence-corrected chi connectivity index (χ0v) is 16.4. The maximum atomic E-state index is 3.82. The Morgan fingerprint density at radius 3 is 1.56 bits per heavy atom. The van der Waals surface area contributed by atoms with Crippen LogP contribution in [0.4, 0.5) is 0 Å². The molecule has 0 radical (unpaired) electrons. The molecule has 144 valence electrons. The Morgan fingerprint density at radius 2 is 1.11 bits per heavy atom. The van der Waals surface area contributed by atoms with Crippen molar-refractivity contribution in [3.05, 3.63) is 71.8 Å². The first-order valence-electron chi connectivity index (χ1n) is 10.6.